The van der Waals surface area contributed by atoms with Crippen LogP contribution in [0.1, 0.15) is 43.3 Å². The van der Waals surface area contributed by atoms with E-state index in [2.05, 4.69) is 19.2 Å². The summed E-state index contributed by atoms with van der Waals surface area (Å²) in [4.78, 5) is 12.3. The van der Waals surface area contributed by atoms with E-state index >= 15 is 0 Å². The lowest BCUT2D eigenvalue weighted by atomic mass is 10.2. The van der Waals surface area contributed by atoms with Gasteiger partial charge in [-0.25, -0.2) is 0 Å². The summed E-state index contributed by atoms with van der Waals surface area (Å²) < 4.78 is 5.27. The van der Waals surface area contributed by atoms with E-state index in [1.807, 2.05) is 6.92 Å². The smallest absolute Gasteiger partial charge is 0.176 e. The van der Waals surface area contributed by atoms with E-state index in [0.717, 1.165) is 11.4 Å². The molecule has 5 heteroatoms. The molecule has 0 aliphatic rings. The number of ether oxygens (including phenoxy) is 1. The molecule has 0 aliphatic carbocycles. The van der Waals surface area contributed by atoms with E-state index in [1.165, 1.54) is 11.3 Å². The number of Topliss-reactive ketones (excluding diaryl/α,β-unsaturated/α-hetero) is 1. The summed E-state index contributed by atoms with van der Waals surface area (Å²) in [5.41, 5.74) is 6.39. The van der Waals surface area contributed by atoms with E-state index in [0.29, 0.717) is 28.8 Å². The van der Waals surface area contributed by atoms with Crippen molar-refractivity contribution in [3.8, 4) is 5.75 Å². The molecule has 0 aromatic carbocycles. The molecular formula is C12H20N2O2S. The first-order chi connectivity index (χ1) is 8.04. The maximum atomic E-state index is 11.7. The van der Waals surface area contributed by atoms with Crippen LogP contribution in [0.25, 0.3) is 0 Å². The Labute approximate surface area is 106 Å². The van der Waals surface area contributed by atoms with E-state index in [4.69, 9.17) is 10.5 Å². The van der Waals surface area contributed by atoms with Gasteiger partial charge in [-0.15, -0.1) is 11.3 Å². The number of ketones is 1. The van der Waals surface area contributed by atoms with Crippen LogP contribution in [-0.4, -0.2) is 18.9 Å². The van der Waals surface area contributed by atoms with Gasteiger partial charge >= 0.3 is 0 Å². The van der Waals surface area contributed by atoms with Crippen LogP contribution in [0.5, 0.6) is 5.75 Å². The molecule has 0 saturated carbocycles. The van der Waals surface area contributed by atoms with Crippen LogP contribution in [0.4, 0.5) is 10.7 Å². The largest absolute Gasteiger partial charge is 0.492 e. The Morgan fingerprint density at radius 3 is 2.65 bits per heavy atom. The normalized spacial score (nSPS) is 12.2. The van der Waals surface area contributed by atoms with Gasteiger partial charge in [0.2, 0.25) is 0 Å². The highest BCUT2D eigenvalue weighted by Crippen LogP contribution is 2.43. The van der Waals surface area contributed by atoms with Gasteiger partial charge in [0.05, 0.1) is 17.7 Å². The zero-order chi connectivity index (χ0) is 13.0. The SMILES string of the molecule is CCC(=O)c1sc(NC(C)CC)c(OC)c1N. The number of anilines is 2. The summed E-state index contributed by atoms with van der Waals surface area (Å²) >= 11 is 1.38. The Morgan fingerprint density at radius 2 is 2.18 bits per heavy atom. The maximum Gasteiger partial charge on any atom is 0.176 e. The summed E-state index contributed by atoms with van der Waals surface area (Å²) in [6.45, 7) is 6.01. The highest BCUT2D eigenvalue weighted by molar-refractivity contribution is 7.19. The number of methoxy groups -OCH3 is 1. The molecule has 0 spiro atoms. The molecule has 1 aromatic heterocycles. The molecule has 1 unspecified atom stereocenters. The van der Waals surface area contributed by atoms with E-state index < -0.39 is 0 Å². The average Bonchev–Trinajstić information content (AvgIpc) is 2.64. The number of nitrogen functional groups attached to an aromatic ring is 1. The standard InChI is InChI=1S/C12H20N2O2S/c1-5-7(3)14-12-10(16-4)9(13)11(17-12)8(15)6-2/h7,14H,5-6,13H2,1-4H3. The Bertz CT molecular complexity index is 401. The van der Waals surface area contributed by atoms with Crippen LogP contribution in [0.15, 0.2) is 0 Å². The van der Waals surface area contributed by atoms with Gasteiger partial charge in [-0.2, -0.15) is 0 Å². The highest BCUT2D eigenvalue weighted by atomic mass is 32.1. The van der Waals surface area contributed by atoms with Crippen LogP contribution in [0.3, 0.4) is 0 Å². The molecule has 1 aromatic rings. The van der Waals surface area contributed by atoms with Gasteiger partial charge in [-0.05, 0) is 13.3 Å². The van der Waals surface area contributed by atoms with Crippen molar-refractivity contribution in [2.75, 3.05) is 18.2 Å². The number of thiophene rings is 1. The summed E-state index contributed by atoms with van der Waals surface area (Å²) in [5.74, 6) is 0.648. The second-order valence-electron chi connectivity index (χ2n) is 3.94. The van der Waals surface area contributed by atoms with Gasteiger partial charge in [0.15, 0.2) is 11.5 Å². The molecule has 0 bridgehead atoms. The molecule has 4 nitrogen and oxygen atoms in total. The van der Waals surface area contributed by atoms with E-state index in [1.54, 1.807) is 7.11 Å². The molecule has 17 heavy (non-hydrogen) atoms. The minimum Gasteiger partial charge on any atom is -0.492 e. The van der Waals surface area contributed by atoms with Crippen LogP contribution in [0, 0.1) is 0 Å². The van der Waals surface area contributed by atoms with Crippen molar-refractivity contribution < 1.29 is 9.53 Å². The van der Waals surface area contributed by atoms with E-state index in [9.17, 15) is 4.79 Å². The summed E-state index contributed by atoms with van der Waals surface area (Å²) in [5, 5.41) is 4.16. The fourth-order valence-corrected chi connectivity index (χ4v) is 2.63. The number of nitrogens with one attached hydrogen (secondary N) is 1. The second-order valence-corrected chi connectivity index (χ2v) is 4.96. The zero-order valence-corrected chi connectivity index (χ0v) is 11.6. The van der Waals surface area contributed by atoms with Crippen molar-refractivity contribution >= 4 is 27.8 Å². The van der Waals surface area contributed by atoms with Gasteiger partial charge < -0.3 is 15.8 Å². The molecular weight excluding hydrogens is 236 g/mol. The van der Waals surface area contributed by atoms with Crippen molar-refractivity contribution in [1.82, 2.24) is 0 Å². The number of carbonyl (C=O) groups is 1. The zero-order valence-electron chi connectivity index (χ0n) is 10.8. The van der Waals surface area contributed by atoms with Gasteiger partial charge in [0.25, 0.3) is 0 Å². The molecule has 0 amide bonds. The van der Waals surface area contributed by atoms with Crippen molar-refractivity contribution in [3.05, 3.63) is 4.88 Å². The number of nitrogens with two attached hydrogens (primary N) is 1. The third kappa shape index (κ3) is 2.91. The molecule has 1 heterocycles. The third-order valence-electron chi connectivity index (χ3n) is 2.67. The summed E-state index contributed by atoms with van der Waals surface area (Å²) in [6, 6.07) is 0.325. The first-order valence-corrected chi connectivity index (χ1v) is 6.62. The Morgan fingerprint density at radius 1 is 1.53 bits per heavy atom. The van der Waals surface area contributed by atoms with Crippen molar-refractivity contribution in [1.29, 1.82) is 0 Å². The Balaban J connectivity index is 3.09. The number of carbonyl (C=O) groups excluding carboxylic acids is 1. The first kappa shape index (κ1) is 13.8. The topological polar surface area (TPSA) is 64.3 Å². The van der Waals surface area contributed by atoms with Crippen LogP contribution >= 0.6 is 11.3 Å². The lowest BCUT2D eigenvalue weighted by Crippen LogP contribution is -2.12. The lowest BCUT2D eigenvalue weighted by molar-refractivity contribution is 0.0992. The van der Waals surface area contributed by atoms with Crippen molar-refractivity contribution in [2.45, 2.75) is 39.7 Å². The first-order valence-electron chi connectivity index (χ1n) is 5.81. The number of rotatable bonds is 6. The van der Waals surface area contributed by atoms with Crippen LogP contribution in [0.2, 0.25) is 0 Å². The quantitative estimate of drug-likeness (QED) is 0.767. The van der Waals surface area contributed by atoms with Gasteiger partial charge in [0, 0.05) is 12.5 Å². The molecule has 1 atom stereocenters. The molecule has 0 radical (unpaired) electrons. The maximum absolute atomic E-state index is 11.7. The Kier molecular flexibility index (Phi) is 4.81. The molecule has 3 N–H and O–H groups in total. The monoisotopic (exact) mass is 256 g/mol. The van der Waals surface area contributed by atoms with Gasteiger partial charge in [0.1, 0.15) is 5.00 Å². The average molecular weight is 256 g/mol. The third-order valence-corrected chi connectivity index (χ3v) is 3.83. The minimum atomic E-state index is 0.0583. The molecule has 0 saturated heterocycles. The predicted octanol–water partition coefficient (Wildman–Crippen LogP) is 3.14. The fourth-order valence-electron chi connectivity index (χ4n) is 1.42. The molecule has 1 rings (SSSR count). The molecule has 0 fully saturated rings. The molecule has 0 aliphatic heterocycles. The fraction of sp³-hybridized carbons (Fsp3) is 0.583. The van der Waals surface area contributed by atoms with Crippen molar-refractivity contribution in [3.63, 3.8) is 0 Å². The lowest BCUT2D eigenvalue weighted by Gasteiger charge is -2.12. The van der Waals surface area contributed by atoms with E-state index in [-0.39, 0.29) is 5.78 Å². The molecule has 96 valence electrons. The highest BCUT2D eigenvalue weighted by Gasteiger charge is 2.21. The van der Waals surface area contributed by atoms with Crippen LogP contribution in [-0.2, 0) is 0 Å². The summed E-state index contributed by atoms with van der Waals surface area (Å²) in [6.07, 6.45) is 1.45. The predicted molar refractivity (Wildman–Crippen MR) is 73.3 cm³/mol. The van der Waals surface area contributed by atoms with Crippen molar-refractivity contribution in [2.24, 2.45) is 0 Å². The number of hydrogen-bond donors (Lipinski definition) is 2. The second kappa shape index (κ2) is 5.91. The minimum absolute atomic E-state index is 0.0583. The Hall–Kier alpha value is -1.23. The number of hydrogen-bond acceptors (Lipinski definition) is 5. The van der Waals surface area contributed by atoms with Gasteiger partial charge in [-0.1, -0.05) is 13.8 Å². The summed E-state index contributed by atoms with van der Waals surface area (Å²) in [7, 11) is 1.57. The van der Waals surface area contributed by atoms with Gasteiger partial charge in [-0.3, -0.25) is 4.79 Å². The van der Waals surface area contributed by atoms with Crippen LogP contribution < -0.4 is 15.8 Å².